The predicted octanol–water partition coefficient (Wildman–Crippen LogP) is 1.43. The van der Waals surface area contributed by atoms with Crippen LogP contribution >= 0.6 is 0 Å². The minimum Gasteiger partial charge on any atom is -0.380 e. The Bertz CT molecular complexity index is 570. The fraction of sp³-hybridized carbons (Fsp3) is 0.538. The third kappa shape index (κ3) is 3.17. The molecule has 0 spiro atoms. The van der Waals surface area contributed by atoms with Gasteiger partial charge in [-0.3, -0.25) is 0 Å². The van der Waals surface area contributed by atoms with Gasteiger partial charge in [0.15, 0.2) is 5.82 Å². The van der Waals surface area contributed by atoms with Gasteiger partial charge in [-0.15, -0.1) is 0 Å². The van der Waals surface area contributed by atoms with Gasteiger partial charge in [-0.2, -0.15) is 15.2 Å². The topological polar surface area (TPSA) is 100.0 Å². The molecule has 0 radical (unpaired) electrons. The highest BCUT2D eigenvalue weighted by Gasteiger charge is 2.18. The first kappa shape index (κ1) is 14.5. The van der Waals surface area contributed by atoms with Crippen LogP contribution in [-0.2, 0) is 11.2 Å². The van der Waals surface area contributed by atoms with Crippen molar-refractivity contribution in [2.75, 3.05) is 13.2 Å². The lowest BCUT2D eigenvalue weighted by Crippen LogP contribution is -2.18. The largest absolute Gasteiger partial charge is 0.380 e. The fourth-order valence-electron chi connectivity index (χ4n) is 1.77. The van der Waals surface area contributed by atoms with E-state index in [-0.39, 0.29) is 0 Å². The van der Waals surface area contributed by atoms with E-state index in [1.54, 1.807) is 0 Å². The van der Waals surface area contributed by atoms with Gasteiger partial charge in [-0.1, -0.05) is 12.1 Å². The predicted molar refractivity (Wildman–Crippen MR) is 72.9 cm³/mol. The number of hydrogen-bond acceptors (Lipinski definition) is 7. The normalized spacial score (nSPS) is 12.6. The quantitative estimate of drug-likeness (QED) is 0.852. The Morgan fingerprint density at radius 3 is 2.85 bits per heavy atom. The summed E-state index contributed by atoms with van der Waals surface area (Å²) in [6.07, 6.45) is 0.741. The lowest BCUT2D eigenvalue weighted by Gasteiger charge is -2.05. The van der Waals surface area contributed by atoms with E-state index < -0.39 is 6.04 Å². The monoisotopic (exact) mass is 277 g/mol. The Balaban J connectivity index is 2.26. The second-order valence-electron chi connectivity index (χ2n) is 4.42. The third-order valence-electron chi connectivity index (χ3n) is 2.83. The van der Waals surface area contributed by atoms with Crippen molar-refractivity contribution in [1.29, 1.82) is 0 Å². The molecule has 0 saturated carbocycles. The van der Waals surface area contributed by atoms with E-state index in [1.165, 1.54) is 0 Å². The van der Waals surface area contributed by atoms with E-state index in [2.05, 4.69) is 20.3 Å². The van der Waals surface area contributed by atoms with Crippen LogP contribution in [0.4, 0.5) is 0 Å². The SMILES string of the molecule is CCOCC(N)c1noc(-c2cc(C)nnc2CC)n1. The molecule has 0 aliphatic carbocycles. The minimum absolute atomic E-state index is 0.365. The highest BCUT2D eigenvalue weighted by molar-refractivity contribution is 5.56. The Kier molecular flexibility index (Phi) is 4.75. The van der Waals surface area contributed by atoms with Crippen LogP contribution < -0.4 is 5.73 Å². The van der Waals surface area contributed by atoms with Gasteiger partial charge < -0.3 is 15.0 Å². The number of aromatic nitrogens is 4. The number of hydrogen-bond donors (Lipinski definition) is 1. The van der Waals surface area contributed by atoms with E-state index in [1.807, 2.05) is 26.8 Å². The van der Waals surface area contributed by atoms with Crippen LogP contribution in [0.3, 0.4) is 0 Å². The Morgan fingerprint density at radius 2 is 2.15 bits per heavy atom. The molecule has 1 unspecified atom stereocenters. The second-order valence-corrected chi connectivity index (χ2v) is 4.42. The van der Waals surface area contributed by atoms with Gasteiger partial charge in [0.25, 0.3) is 5.89 Å². The molecule has 0 saturated heterocycles. The van der Waals surface area contributed by atoms with Gasteiger partial charge in [-0.05, 0) is 26.3 Å². The van der Waals surface area contributed by atoms with Crippen molar-refractivity contribution in [3.63, 3.8) is 0 Å². The molecule has 0 aliphatic rings. The van der Waals surface area contributed by atoms with E-state index in [4.69, 9.17) is 15.0 Å². The number of ether oxygens (including phenoxy) is 1. The molecule has 1 atom stereocenters. The van der Waals surface area contributed by atoms with E-state index in [0.29, 0.717) is 24.9 Å². The highest BCUT2D eigenvalue weighted by atomic mass is 16.5. The van der Waals surface area contributed by atoms with Crippen molar-refractivity contribution in [2.45, 2.75) is 33.2 Å². The Labute approximate surface area is 117 Å². The third-order valence-corrected chi connectivity index (χ3v) is 2.83. The van der Waals surface area contributed by atoms with Crippen molar-refractivity contribution < 1.29 is 9.26 Å². The lowest BCUT2D eigenvalue weighted by molar-refractivity contribution is 0.130. The van der Waals surface area contributed by atoms with Gasteiger partial charge in [-0.25, -0.2) is 0 Å². The molecule has 7 nitrogen and oxygen atoms in total. The maximum absolute atomic E-state index is 5.93. The Morgan fingerprint density at radius 1 is 1.35 bits per heavy atom. The maximum atomic E-state index is 5.93. The van der Waals surface area contributed by atoms with Crippen molar-refractivity contribution in [2.24, 2.45) is 5.73 Å². The first-order chi connectivity index (χ1) is 9.65. The smallest absolute Gasteiger partial charge is 0.259 e. The first-order valence-corrected chi connectivity index (χ1v) is 6.66. The summed E-state index contributed by atoms with van der Waals surface area (Å²) < 4.78 is 10.5. The molecule has 2 aromatic heterocycles. The molecule has 0 aromatic carbocycles. The molecule has 2 N–H and O–H groups in total. The number of nitrogens with zero attached hydrogens (tertiary/aromatic N) is 4. The zero-order chi connectivity index (χ0) is 14.5. The summed E-state index contributed by atoms with van der Waals surface area (Å²) in [6.45, 7) is 6.75. The van der Waals surface area contributed by atoms with Crippen LogP contribution in [0.5, 0.6) is 0 Å². The zero-order valence-electron chi connectivity index (χ0n) is 12.0. The molecular formula is C13H19N5O2. The summed E-state index contributed by atoms with van der Waals surface area (Å²) in [7, 11) is 0. The molecule has 2 rings (SSSR count). The summed E-state index contributed by atoms with van der Waals surface area (Å²) in [4.78, 5) is 4.33. The van der Waals surface area contributed by atoms with Gasteiger partial charge in [0.1, 0.15) is 0 Å². The van der Waals surface area contributed by atoms with E-state index >= 15 is 0 Å². The molecule has 20 heavy (non-hydrogen) atoms. The van der Waals surface area contributed by atoms with E-state index in [0.717, 1.165) is 23.4 Å². The van der Waals surface area contributed by atoms with Gasteiger partial charge in [0, 0.05) is 6.61 Å². The van der Waals surface area contributed by atoms with Crippen LogP contribution in [0.1, 0.15) is 37.1 Å². The molecule has 0 fully saturated rings. The minimum atomic E-state index is -0.395. The molecule has 0 amide bonds. The standard InChI is InChI=1S/C13H19N5O2/c1-4-11-9(6-8(3)16-17-11)13-15-12(18-20-13)10(14)7-19-5-2/h6,10H,4-5,7,14H2,1-3H3. The summed E-state index contributed by atoms with van der Waals surface area (Å²) in [5.74, 6) is 0.853. The number of rotatable bonds is 6. The second kappa shape index (κ2) is 6.53. The lowest BCUT2D eigenvalue weighted by atomic mass is 10.1. The molecule has 108 valence electrons. The molecule has 7 heteroatoms. The molecule has 2 aromatic rings. The van der Waals surface area contributed by atoms with Crippen molar-refractivity contribution in [3.05, 3.63) is 23.3 Å². The average molecular weight is 277 g/mol. The fourth-order valence-corrected chi connectivity index (χ4v) is 1.77. The Hall–Kier alpha value is -1.86. The van der Waals surface area contributed by atoms with Crippen LogP contribution in [0, 0.1) is 6.92 Å². The van der Waals surface area contributed by atoms with Crippen molar-refractivity contribution in [3.8, 4) is 11.5 Å². The van der Waals surface area contributed by atoms with Crippen molar-refractivity contribution >= 4 is 0 Å². The van der Waals surface area contributed by atoms with Gasteiger partial charge in [0.05, 0.1) is 29.6 Å². The maximum Gasteiger partial charge on any atom is 0.259 e. The average Bonchev–Trinajstić information content (AvgIpc) is 2.94. The van der Waals surface area contributed by atoms with Crippen LogP contribution in [0.15, 0.2) is 10.6 Å². The number of aryl methyl sites for hydroxylation is 2. The molecule has 2 heterocycles. The van der Waals surface area contributed by atoms with Gasteiger partial charge >= 0.3 is 0 Å². The highest BCUT2D eigenvalue weighted by Crippen LogP contribution is 2.22. The van der Waals surface area contributed by atoms with E-state index in [9.17, 15) is 0 Å². The summed E-state index contributed by atoms with van der Waals surface area (Å²) in [6, 6.07) is 1.49. The first-order valence-electron chi connectivity index (χ1n) is 6.66. The van der Waals surface area contributed by atoms with Crippen LogP contribution in [0.2, 0.25) is 0 Å². The summed E-state index contributed by atoms with van der Waals surface area (Å²) >= 11 is 0. The molecule has 0 bridgehead atoms. The molecule has 0 aliphatic heterocycles. The van der Waals surface area contributed by atoms with Crippen LogP contribution in [0.25, 0.3) is 11.5 Å². The van der Waals surface area contributed by atoms with Gasteiger partial charge in [0.2, 0.25) is 0 Å². The summed E-state index contributed by atoms with van der Waals surface area (Å²) in [5.41, 5.74) is 8.37. The zero-order valence-corrected chi connectivity index (χ0v) is 12.0. The summed E-state index contributed by atoms with van der Waals surface area (Å²) in [5, 5.41) is 12.1. The van der Waals surface area contributed by atoms with Crippen molar-refractivity contribution in [1.82, 2.24) is 20.3 Å². The molecular weight excluding hydrogens is 258 g/mol. The van der Waals surface area contributed by atoms with Crippen LogP contribution in [-0.4, -0.2) is 33.6 Å². The number of nitrogens with two attached hydrogens (primary N) is 1.